The maximum atomic E-state index is 9.00. The molecule has 1 heterocycles. The zero-order valence-corrected chi connectivity index (χ0v) is 12.2. The van der Waals surface area contributed by atoms with Gasteiger partial charge in [-0.25, -0.2) is 4.98 Å². The van der Waals surface area contributed by atoms with E-state index in [1.165, 1.54) is 0 Å². The first-order chi connectivity index (χ1) is 9.56. The first kappa shape index (κ1) is 14.1. The van der Waals surface area contributed by atoms with E-state index in [0.717, 1.165) is 30.0 Å². The Hall–Kier alpha value is -2.28. The summed E-state index contributed by atoms with van der Waals surface area (Å²) >= 11 is 0. The highest BCUT2D eigenvalue weighted by molar-refractivity contribution is 5.72. The van der Waals surface area contributed by atoms with Gasteiger partial charge in [-0.15, -0.1) is 0 Å². The summed E-state index contributed by atoms with van der Waals surface area (Å²) in [7, 11) is 0. The molecule has 0 spiro atoms. The lowest BCUT2D eigenvalue weighted by atomic mass is 10.1. The molecule has 20 heavy (non-hydrogen) atoms. The van der Waals surface area contributed by atoms with Gasteiger partial charge in [0.1, 0.15) is 17.3 Å². The number of nitriles is 1. The number of aromatic nitrogens is 2. The highest BCUT2D eigenvalue weighted by Gasteiger charge is 2.16. The van der Waals surface area contributed by atoms with Crippen LogP contribution >= 0.6 is 0 Å². The Labute approximate surface area is 119 Å². The monoisotopic (exact) mass is 268 g/mol. The van der Waals surface area contributed by atoms with Crippen LogP contribution < -0.4 is 5.73 Å². The van der Waals surface area contributed by atoms with Gasteiger partial charge >= 0.3 is 0 Å². The molecule has 0 saturated heterocycles. The number of aryl methyl sites for hydroxylation is 1. The summed E-state index contributed by atoms with van der Waals surface area (Å²) in [6.07, 6.45) is 0.842. The Morgan fingerprint density at radius 2 is 2.15 bits per heavy atom. The average Bonchev–Trinajstić information content (AvgIpc) is 2.75. The molecule has 0 amide bonds. The fourth-order valence-electron chi connectivity index (χ4n) is 2.30. The molecule has 0 saturated carbocycles. The van der Waals surface area contributed by atoms with Gasteiger partial charge in [-0.05, 0) is 18.1 Å². The quantitative estimate of drug-likeness (QED) is 0.925. The molecule has 1 aromatic carbocycles. The summed E-state index contributed by atoms with van der Waals surface area (Å²) in [6, 6.07) is 9.57. The van der Waals surface area contributed by atoms with Crippen molar-refractivity contribution in [2.24, 2.45) is 5.92 Å². The number of nitrogen functional groups attached to an aromatic ring is 1. The number of nitrogens with two attached hydrogens (primary N) is 1. The van der Waals surface area contributed by atoms with E-state index in [2.05, 4.69) is 36.4 Å². The van der Waals surface area contributed by atoms with Crippen molar-refractivity contribution in [3.63, 3.8) is 0 Å². The molecule has 1 aromatic heterocycles. The molecule has 104 valence electrons. The zero-order valence-electron chi connectivity index (χ0n) is 12.2. The van der Waals surface area contributed by atoms with Crippen molar-refractivity contribution in [3.05, 3.63) is 35.7 Å². The minimum absolute atomic E-state index is 0.509. The molecule has 0 fully saturated rings. The molecule has 4 nitrogen and oxygen atoms in total. The topological polar surface area (TPSA) is 67.6 Å². The SMILES string of the molecule is CCc1nc(-c2cccc(C#N)c2)c(N)n1CC(C)C. The summed E-state index contributed by atoms with van der Waals surface area (Å²) < 4.78 is 2.08. The predicted molar refractivity (Wildman–Crippen MR) is 81.0 cm³/mol. The lowest BCUT2D eigenvalue weighted by Crippen LogP contribution is -2.10. The molecule has 4 heteroatoms. The highest BCUT2D eigenvalue weighted by atomic mass is 15.1. The molecule has 0 unspecified atom stereocenters. The Balaban J connectivity index is 2.52. The van der Waals surface area contributed by atoms with Crippen LogP contribution in [0.25, 0.3) is 11.3 Å². The number of nitrogens with zero attached hydrogens (tertiary/aromatic N) is 3. The second kappa shape index (κ2) is 5.79. The molecule has 0 bridgehead atoms. The molecular weight excluding hydrogens is 248 g/mol. The summed E-state index contributed by atoms with van der Waals surface area (Å²) in [4.78, 5) is 4.66. The predicted octanol–water partition coefficient (Wildman–Crippen LogP) is 3.22. The maximum Gasteiger partial charge on any atom is 0.131 e. The van der Waals surface area contributed by atoms with Crippen molar-refractivity contribution >= 4 is 5.82 Å². The largest absolute Gasteiger partial charge is 0.383 e. The first-order valence-corrected chi connectivity index (χ1v) is 6.92. The standard InChI is InChI=1S/C16H20N4/c1-4-14-19-15(16(18)20(14)10-11(2)3)13-7-5-6-12(8-13)9-17/h5-8,11H,4,10,18H2,1-3H3. The fraction of sp³-hybridized carbons (Fsp3) is 0.375. The van der Waals surface area contributed by atoms with E-state index in [-0.39, 0.29) is 0 Å². The minimum atomic E-state index is 0.509. The van der Waals surface area contributed by atoms with E-state index in [1.54, 1.807) is 6.07 Å². The number of hydrogen-bond acceptors (Lipinski definition) is 3. The van der Waals surface area contributed by atoms with Gasteiger partial charge in [0.05, 0.1) is 11.6 Å². The van der Waals surface area contributed by atoms with E-state index >= 15 is 0 Å². The lowest BCUT2D eigenvalue weighted by Gasteiger charge is -2.11. The second-order valence-corrected chi connectivity index (χ2v) is 5.31. The van der Waals surface area contributed by atoms with Crippen molar-refractivity contribution in [1.29, 1.82) is 5.26 Å². The van der Waals surface area contributed by atoms with Gasteiger partial charge in [0.15, 0.2) is 0 Å². The zero-order chi connectivity index (χ0) is 14.7. The van der Waals surface area contributed by atoms with Gasteiger partial charge in [-0.3, -0.25) is 0 Å². The number of rotatable bonds is 4. The van der Waals surface area contributed by atoms with Crippen LogP contribution in [0.3, 0.4) is 0 Å². The minimum Gasteiger partial charge on any atom is -0.383 e. The van der Waals surface area contributed by atoms with E-state index < -0.39 is 0 Å². The second-order valence-electron chi connectivity index (χ2n) is 5.31. The Kier molecular flexibility index (Phi) is 4.09. The molecule has 0 radical (unpaired) electrons. The number of benzene rings is 1. The van der Waals surface area contributed by atoms with Gasteiger partial charge in [-0.2, -0.15) is 5.26 Å². The molecular formula is C16H20N4. The van der Waals surface area contributed by atoms with Crippen molar-refractivity contribution in [2.75, 3.05) is 5.73 Å². The van der Waals surface area contributed by atoms with Crippen LogP contribution in [0.5, 0.6) is 0 Å². The molecule has 0 aliphatic rings. The highest BCUT2D eigenvalue weighted by Crippen LogP contribution is 2.28. The molecule has 2 N–H and O–H groups in total. The van der Waals surface area contributed by atoms with E-state index in [9.17, 15) is 0 Å². The van der Waals surface area contributed by atoms with Crippen molar-refractivity contribution in [2.45, 2.75) is 33.7 Å². The van der Waals surface area contributed by atoms with Crippen LogP contribution in [0.15, 0.2) is 24.3 Å². The average molecular weight is 268 g/mol. The van der Waals surface area contributed by atoms with Crippen LogP contribution in [-0.2, 0) is 13.0 Å². The molecule has 0 aliphatic carbocycles. The van der Waals surface area contributed by atoms with Crippen molar-refractivity contribution in [3.8, 4) is 17.3 Å². The third kappa shape index (κ3) is 2.67. The molecule has 2 rings (SSSR count). The van der Waals surface area contributed by atoms with Crippen LogP contribution in [0, 0.1) is 17.2 Å². The van der Waals surface area contributed by atoms with E-state index in [4.69, 9.17) is 11.0 Å². The van der Waals surface area contributed by atoms with Crippen molar-refractivity contribution < 1.29 is 0 Å². The number of anilines is 1. The van der Waals surface area contributed by atoms with Gasteiger partial charge in [0.2, 0.25) is 0 Å². The third-order valence-electron chi connectivity index (χ3n) is 3.21. The number of imidazole rings is 1. The Morgan fingerprint density at radius 3 is 2.75 bits per heavy atom. The molecule has 0 aliphatic heterocycles. The summed E-state index contributed by atoms with van der Waals surface area (Å²) in [5.74, 6) is 2.19. The van der Waals surface area contributed by atoms with E-state index in [1.807, 2.05) is 18.2 Å². The van der Waals surface area contributed by atoms with Crippen LogP contribution in [0.2, 0.25) is 0 Å². The van der Waals surface area contributed by atoms with E-state index in [0.29, 0.717) is 17.3 Å². The smallest absolute Gasteiger partial charge is 0.131 e. The number of hydrogen-bond donors (Lipinski definition) is 1. The van der Waals surface area contributed by atoms with Crippen LogP contribution in [0.1, 0.15) is 32.2 Å². The lowest BCUT2D eigenvalue weighted by molar-refractivity contribution is 0.513. The summed E-state index contributed by atoms with van der Waals surface area (Å²) in [6.45, 7) is 7.26. The molecule has 0 atom stereocenters. The molecule has 2 aromatic rings. The van der Waals surface area contributed by atoms with Gasteiger partial charge in [0.25, 0.3) is 0 Å². The normalized spacial score (nSPS) is 10.8. The van der Waals surface area contributed by atoms with Crippen LogP contribution in [-0.4, -0.2) is 9.55 Å². The van der Waals surface area contributed by atoms with Gasteiger partial charge < -0.3 is 10.3 Å². The maximum absolute atomic E-state index is 9.00. The van der Waals surface area contributed by atoms with Gasteiger partial charge in [-0.1, -0.05) is 32.9 Å². The fourth-order valence-corrected chi connectivity index (χ4v) is 2.30. The van der Waals surface area contributed by atoms with Gasteiger partial charge in [0, 0.05) is 18.5 Å². The Morgan fingerprint density at radius 1 is 1.40 bits per heavy atom. The Bertz CT molecular complexity index is 647. The van der Waals surface area contributed by atoms with Crippen molar-refractivity contribution in [1.82, 2.24) is 9.55 Å². The third-order valence-corrected chi connectivity index (χ3v) is 3.21. The van der Waals surface area contributed by atoms with Crippen LogP contribution in [0.4, 0.5) is 5.82 Å². The summed E-state index contributed by atoms with van der Waals surface area (Å²) in [5, 5.41) is 9.00. The first-order valence-electron chi connectivity index (χ1n) is 6.92. The summed E-state index contributed by atoms with van der Waals surface area (Å²) in [5.41, 5.74) is 8.57.